The van der Waals surface area contributed by atoms with Crippen LogP contribution in [0.15, 0.2) is 42.6 Å². The number of carbonyl (C=O) groups excluding carboxylic acids is 1. The summed E-state index contributed by atoms with van der Waals surface area (Å²) < 4.78 is 0. The van der Waals surface area contributed by atoms with Crippen molar-refractivity contribution in [1.29, 1.82) is 0 Å². The molecule has 0 unspecified atom stereocenters. The van der Waals surface area contributed by atoms with Crippen LogP contribution in [0, 0.1) is 12.8 Å². The van der Waals surface area contributed by atoms with Gasteiger partial charge >= 0.3 is 0 Å². The molecule has 3 rings (SSSR count). The van der Waals surface area contributed by atoms with Gasteiger partial charge in [0.05, 0.1) is 5.56 Å². The standard InChI is InChI=1S/C19H25N3O2/c1-14-17(7-9-20-14)19(24)21-18-12-22(10-8-16(18)13-23)11-15-5-3-2-4-6-15/h2-7,9,16,18,20,23H,8,10-13H2,1H3,(H,21,24)/t16-,18+/m0/s1. The zero-order valence-electron chi connectivity index (χ0n) is 14.0. The van der Waals surface area contributed by atoms with E-state index in [1.54, 1.807) is 12.3 Å². The second kappa shape index (κ2) is 7.64. The molecule has 1 aliphatic heterocycles. The van der Waals surface area contributed by atoms with Crippen LogP contribution in [-0.4, -0.2) is 46.6 Å². The van der Waals surface area contributed by atoms with Crippen molar-refractivity contribution in [3.63, 3.8) is 0 Å². The Hall–Kier alpha value is -2.11. The molecule has 3 N–H and O–H groups in total. The highest BCUT2D eigenvalue weighted by Gasteiger charge is 2.30. The Morgan fingerprint density at radius 3 is 2.79 bits per heavy atom. The van der Waals surface area contributed by atoms with Crippen molar-refractivity contribution < 1.29 is 9.90 Å². The Bertz CT molecular complexity index is 668. The predicted molar refractivity (Wildman–Crippen MR) is 93.7 cm³/mol. The van der Waals surface area contributed by atoms with E-state index in [9.17, 15) is 9.90 Å². The maximum atomic E-state index is 12.5. The molecule has 1 aromatic heterocycles. The molecular formula is C19H25N3O2. The fourth-order valence-corrected chi connectivity index (χ4v) is 3.38. The highest BCUT2D eigenvalue weighted by atomic mass is 16.3. The molecule has 2 heterocycles. The number of likely N-dealkylation sites (tertiary alicyclic amines) is 1. The summed E-state index contributed by atoms with van der Waals surface area (Å²) >= 11 is 0. The lowest BCUT2D eigenvalue weighted by atomic mass is 9.91. The smallest absolute Gasteiger partial charge is 0.253 e. The number of hydrogen-bond acceptors (Lipinski definition) is 3. The van der Waals surface area contributed by atoms with Gasteiger partial charge in [-0.2, -0.15) is 0 Å². The highest BCUT2D eigenvalue weighted by Crippen LogP contribution is 2.20. The van der Waals surface area contributed by atoms with Gasteiger partial charge in [0.25, 0.3) is 5.91 Å². The molecule has 1 fully saturated rings. The van der Waals surface area contributed by atoms with E-state index in [0.717, 1.165) is 31.7 Å². The van der Waals surface area contributed by atoms with Crippen LogP contribution in [0.1, 0.15) is 28.0 Å². The molecule has 0 radical (unpaired) electrons. The number of rotatable bonds is 5. The van der Waals surface area contributed by atoms with Gasteiger partial charge in [0.1, 0.15) is 0 Å². The van der Waals surface area contributed by atoms with Crippen LogP contribution < -0.4 is 5.32 Å². The number of hydrogen-bond donors (Lipinski definition) is 3. The number of aromatic amines is 1. The van der Waals surface area contributed by atoms with E-state index >= 15 is 0 Å². The second-order valence-electron chi connectivity index (χ2n) is 6.55. The van der Waals surface area contributed by atoms with Crippen LogP contribution in [0.3, 0.4) is 0 Å². The van der Waals surface area contributed by atoms with Gasteiger partial charge in [-0.25, -0.2) is 0 Å². The fourth-order valence-electron chi connectivity index (χ4n) is 3.38. The van der Waals surface area contributed by atoms with Crippen LogP contribution in [-0.2, 0) is 6.54 Å². The van der Waals surface area contributed by atoms with Crippen LogP contribution in [0.4, 0.5) is 0 Å². The lowest BCUT2D eigenvalue weighted by molar-refractivity contribution is 0.0730. The third-order valence-corrected chi connectivity index (χ3v) is 4.84. The van der Waals surface area contributed by atoms with Gasteiger partial charge in [-0.05, 0) is 31.5 Å². The summed E-state index contributed by atoms with van der Waals surface area (Å²) in [6, 6.07) is 12.1. The largest absolute Gasteiger partial charge is 0.396 e. The monoisotopic (exact) mass is 327 g/mol. The molecule has 0 spiro atoms. The number of aliphatic hydroxyl groups is 1. The highest BCUT2D eigenvalue weighted by molar-refractivity contribution is 5.95. The number of amides is 1. The summed E-state index contributed by atoms with van der Waals surface area (Å²) in [5.74, 6) is 0.0407. The van der Waals surface area contributed by atoms with Crippen molar-refractivity contribution in [2.45, 2.75) is 25.9 Å². The molecule has 1 amide bonds. The Balaban J connectivity index is 1.65. The maximum Gasteiger partial charge on any atom is 0.253 e. The van der Waals surface area contributed by atoms with E-state index < -0.39 is 0 Å². The van der Waals surface area contributed by atoms with Gasteiger partial charge < -0.3 is 15.4 Å². The van der Waals surface area contributed by atoms with Gasteiger partial charge in [-0.3, -0.25) is 9.69 Å². The quantitative estimate of drug-likeness (QED) is 0.786. The molecular weight excluding hydrogens is 302 g/mol. The van der Waals surface area contributed by atoms with Crippen molar-refractivity contribution in [3.05, 3.63) is 59.4 Å². The summed E-state index contributed by atoms with van der Waals surface area (Å²) in [5, 5.41) is 12.8. The van der Waals surface area contributed by atoms with Gasteiger partial charge in [-0.1, -0.05) is 30.3 Å². The number of benzene rings is 1. The first-order valence-electron chi connectivity index (χ1n) is 8.49. The summed E-state index contributed by atoms with van der Waals surface area (Å²) in [4.78, 5) is 17.9. The predicted octanol–water partition coefficient (Wildman–Crippen LogP) is 1.94. The number of H-pyrrole nitrogens is 1. The number of carbonyl (C=O) groups is 1. The lowest BCUT2D eigenvalue weighted by Crippen LogP contribution is -2.53. The summed E-state index contributed by atoms with van der Waals surface area (Å²) in [7, 11) is 0. The van der Waals surface area contributed by atoms with Gasteiger partial charge in [0, 0.05) is 43.5 Å². The van der Waals surface area contributed by atoms with Crippen LogP contribution in [0.5, 0.6) is 0 Å². The van der Waals surface area contributed by atoms with Crippen molar-refractivity contribution in [2.75, 3.05) is 19.7 Å². The summed E-state index contributed by atoms with van der Waals surface area (Å²) in [6.07, 6.45) is 2.66. The normalized spacial score (nSPS) is 21.6. The molecule has 5 heteroatoms. The van der Waals surface area contributed by atoms with E-state index in [0.29, 0.717) is 5.56 Å². The first-order chi connectivity index (χ1) is 11.7. The van der Waals surface area contributed by atoms with E-state index in [2.05, 4.69) is 27.3 Å². The third-order valence-electron chi connectivity index (χ3n) is 4.84. The SMILES string of the molecule is Cc1[nH]ccc1C(=O)N[C@@H]1CN(Cc2ccccc2)CC[C@H]1CO. The van der Waals surface area contributed by atoms with Crippen LogP contribution in [0.2, 0.25) is 0 Å². The molecule has 0 bridgehead atoms. The number of aromatic nitrogens is 1. The molecule has 0 saturated carbocycles. The Labute approximate surface area is 142 Å². The molecule has 2 atom stereocenters. The Kier molecular flexibility index (Phi) is 5.33. The Morgan fingerprint density at radius 1 is 1.33 bits per heavy atom. The van der Waals surface area contributed by atoms with Crippen molar-refractivity contribution in [2.24, 2.45) is 5.92 Å². The van der Waals surface area contributed by atoms with Crippen molar-refractivity contribution in [3.8, 4) is 0 Å². The molecule has 24 heavy (non-hydrogen) atoms. The summed E-state index contributed by atoms with van der Waals surface area (Å²) in [5.41, 5.74) is 2.81. The second-order valence-corrected chi connectivity index (χ2v) is 6.55. The number of aryl methyl sites for hydroxylation is 1. The topological polar surface area (TPSA) is 68.4 Å². The van der Waals surface area contributed by atoms with Gasteiger partial charge in [0.15, 0.2) is 0 Å². The van der Waals surface area contributed by atoms with E-state index in [4.69, 9.17) is 0 Å². The lowest BCUT2D eigenvalue weighted by Gasteiger charge is -2.38. The average Bonchev–Trinajstić information content (AvgIpc) is 3.02. The van der Waals surface area contributed by atoms with Crippen molar-refractivity contribution >= 4 is 5.91 Å². The molecule has 1 aromatic carbocycles. The Morgan fingerprint density at radius 2 is 2.12 bits per heavy atom. The molecule has 1 saturated heterocycles. The minimum absolute atomic E-state index is 0.0331. The van der Waals surface area contributed by atoms with Crippen molar-refractivity contribution in [1.82, 2.24) is 15.2 Å². The zero-order valence-corrected chi connectivity index (χ0v) is 14.0. The number of piperidine rings is 1. The molecule has 128 valence electrons. The number of nitrogens with zero attached hydrogens (tertiary/aromatic N) is 1. The maximum absolute atomic E-state index is 12.5. The number of nitrogens with one attached hydrogen (secondary N) is 2. The first kappa shape index (κ1) is 16.7. The first-order valence-corrected chi connectivity index (χ1v) is 8.49. The molecule has 5 nitrogen and oxygen atoms in total. The summed E-state index contributed by atoms with van der Waals surface area (Å²) in [6.45, 7) is 4.57. The fraction of sp³-hybridized carbons (Fsp3) is 0.421. The van der Waals surface area contributed by atoms with E-state index in [1.165, 1.54) is 5.56 Å². The molecule has 2 aromatic rings. The van der Waals surface area contributed by atoms with E-state index in [1.807, 2.05) is 25.1 Å². The molecule has 1 aliphatic rings. The van der Waals surface area contributed by atoms with E-state index in [-0.39, 0.29) is 24.5 Å². The minimum Gasteiger partial charge on any atom is -0.396 e. The average molecular weight is 327 g/mol. The number of aliphatic hydroxyl groups excluding tert-OH is 1. The van der Waals surface area contributed by atoms with Crippen LogP contribution in [0.25, 0.3) is 0 Å². The minimum atomic E-state index is -0.0706. The zero-order chi connectivity index (χ0) is 16.9. The third kappa shape index (κ3) is 3.86. The molecule has 0 aliphatic carbocycles. The van der Waals surface area contributed by atoms with Gasteiger partial charge in [0.2, 0.25) is 0 Å². The van der Waals surface area contributed by atoms with Crippen LogP contribution >= 0.6 is 0 Å². The van der Waals surface area contributed by atoms with Gasteiger partial charge in [-0.15, -0.1) is 0 Å².